The van der Waals surface area contributed by atoms with Crippen LogP contribution in [0.1, 0.15) is 30.8 Å². The molecule has 0 amide bonds. The Morgan fingerprint density at radius 2 is 1.97 bits per heavy atom. The van der Waals surface area contributed by atoms with Gasteiger partial charge in [0.05, 0.1) is 60.6 Å². The first kappa shape index (κ1) is 24.6. The number of halogens is 3. The fraction of sp³-hybridized carbons (Fsp3) is 0.385. The van der Waals surface area contributed by atoms with Crippen LogP contribution >= 0.6 is 0 Å². The van der Waals surface area contributed by atoms with Crippen LogP contribution in [0.25, 0.3) is 10.9 Å². The van der Waals surface area contributed by atoms with Gasteiger partial charge in [0, 0.05) is 17.4 Å². The summed E-state index contributed by atoms with van der Waals surface area (Å²) in [6.45, 7) is 4.68. The number of hydrogen-bond donors (Lipinski definition) is 2. The van der Waals surface area contributed by atoms with Gasteiger partial charge in [0.25, 0.3) is 0 Å². The maximum Gasteiger partial charge on any atom is 0.406 e. The summed E-state index contributed by atoms with van der Waals surface area (Å²) in [5, 5.41) is 16.4. The van der Waals surface area contributed by atoms with Gasteiger partial charge in [-0.15, -0.1) is 0 Å². The fourth-order valence-corrected chi connectivity index (χ4v) is 3.71. The van der Waals surface area contributed by atoms with E-state index >= 15 is 0 Å². The number of pyridine rings is 1. The third kappa shape index (κ3) is 6.13. The van der Waals surface area contributed by atoms with E-state index < -0.39 is 18.1 Å². The Balaban J connectivity index is 1.49. The van der Waals surface area contributed by atoms with E-state index in [2.05, 4.69) is 33.5 Å². The van der Waals surface area contributed by atoms with E-state index in [0.29, 0.717) is 48.4 Å². The smallest absolute Gasteiger partial charge is 0.378 e. The van der Waals surface area contributed by atoms with Crippen LogP contribution in [0.2, 0.25) is 0 Å². The van der Waals surface area contributed by atoms with Gasteiger partial charge < -0.3 is 19.9 Å². The van der Waals surface area contributed by atoms with Gasteiger partial charge in [-0.1, -0.05) is 12.0 Å². The lowest BCUT2D eigenvalue weighted by Crippen LogP contribution is -2.45. The number of aromatic nitrogens is 2. The van der Waals surface area contributed by atoms with Crippen LogP contribution in [0, 0.1) is 23.2 Å². The fourth-order valence-electron chi connectivity index (χ4n) is 3.71. The predicted octanol–water partition coefficient (Wildman–Crippen LogP) is 4.35. The first-order chi connectivity index (χ1) is 16.6. The first-order valence-electron chi connectivity index (χ1n) is 11.3. The molecule has 0 radical (unpaired) electrons. The molecule has 0 atom stereocenters. The first-order valence-corrected chi connectivity index (χ1v) is 11.3. The zero-order valence-corrected chi connectivity index (χ0v) is 19.5. The molecule has 0 spiro atoms. The van der Waals surface area contributed by atoms with Gasteiger partial charge in [-0.25, -0.2) is 0 Å². The number of ether oxygens (including phenoxy) is 1. The lowest BCUT2D eigenvalue weighted by molar-refractivity contribution is -0.140. The van der Waals surface area contributed by atoms with Crippen molar-refractivity contribution in [3.63, 3.8) is 0 Å². The number of nitrogens with zero attached hydrogens (tertiary/aromatic N) is 3. The Kier molecular flexibility index (Phi) is 7.02. The lowest BCUT2D eigenvalue weighted by atomic mass is 9.91. The minimum absolute atomic E-state index is 0.231. The van der Waals surface area contributed by atoms with E-state index in [4.69, 9.17) is 4.74 Å². The average molecular weight is 482 g/mol. The molecule has 1 aliphatic rings. The largest absolute Gasteiger partial charge is 0.406 e. The number of alkyl halides is 3. The van der Waals surface area contributed by atoms with Crippen molar-refractivity contribution in [1.29, 1.82) is 5.26 Å². The molecule has 35 heavy (non-hydrogen) atoms. The van der Waals surface area contributed by atoms with Gasteiger partial charge >= 0.3 is 6.18 Å². The molecular formula is C26H26F3N5O. The molecule has 0 unspecified atom stereocenters. The number of nitriles is 1. The van der Waals surface area contributed by atoms with E-state index in [1.54, 1.807) is 44.3 Å². The lowest BCUT2D eigenvalue weighted by Gasteiger charge is -2.27. The molecule has 2 aromatic heterocycles. The standard InChI is InChI=1S/C26H26F3N5O/c1-25(2,16-30)24-8-6-20(13-33-24)31-9-3-4-22-11-19-10-18(12-32-21-14-35-15-21)5-7-23(19)34(22)17-26(27,28)29/h5-8,10-11,13,21,31-32H,9,12,14-15,17H2,1-2H3. The predicted molar refractivity (Wildman–Crippen MR) is 128 cm³/mol. The number of benzene rings is 1. The van der Waals surface area contributed by atoms with Crippen molar-refractivity contribution in [2.24, 2.45) is 0 Å². The number of hydrogen-bond acceptors (Lipinski definition) is 5. The second-order valence-electron chi connectivity index (χ2n) is 9.06. The minimum atomic E-state index is -4.37. The summed E-state index contributed by atoms with van der Waals surface area (Å²) in [6.07, 6.45) is -2.75. The van der Waals surface area contributed by atoms with Gasteiger partial charge in [-0.05, 0) is 55.7 Å². The number of fused-ring (bicyclic) bond motifs is 1. The third-order valence-corrected chi connectivity index (χ3v) is 5.82. The highest BCUT2D eigenvalue weighted by Gasteiger charge is 2.29. The normalized spacial score (nSPS) is 14.2. The molecule has 3 aromatic rings. The summed E-state index contributed by atoms with van der Waals surface area (Å²) in [7, 11) is 0. The topological polar surface area (TPSA) is 74.9 Å². The summed E-state index contributed by atoms with van der Waals surface area (Å²) in [6, 6.07) is 13.2. The minimum Gasteiger partial charge on any atom is -0.378 e. The number of rotatable bonds is 7. The summed E-state index contributed by atoms with van der Waals surface area (Å²) >= 11 is 0. The molecule has 3 heterocycles. The van der Waals surface area contributed by atoms with E-state index in [0.717, 1.165) is 10.9 Å². The van der Waals surface area contributed by atoms with Gasteiger partial charge in [-0.2, -0.15) is 18.4 Å². The molecule has 0 saturated carbocycles. The van der Waals surface area contributed by atoms with Gasteiger partial charge in [0.15, 0.2) is 0 Å². The maximum atomic E-state index is 13.3. The molecule has 1 aromatic carbocycles. The van der Waals surface area contributed by atoms with Crippen molar-refractivity contribution in [2.45, 2.75) is 44.6 Å². The van der Waals surface area contributed by atoms with E-state index in [1.165, 1.54) is 4.57 Å². The van der Waals surface area contributed by atoms with Crippen LogP contribution in [-0.2, 0) is 23.2 Å². The van der Waals surface area contributed by atoms with E-state index in [-0.39, 0.29) is 6.54 Å². The van der Waals surface area contributed by atoms with Gasteiger partial charge in [0.1, 0.15) is 6.54 Å². The SMILES string of the molecule is CC(C)(C#N)c1ccc(NCC#Cc2cc3cc(CNC4COC4)ccc3n2CC(F)(F)F)cn1. The zero-order chi connectivity index (χ0) is 25.1. The van der Waals surface area contributed by atoms with Crippen LogP contribution in [0.15, 0.2) is 42.6 Å². The van der Waals surface area contributed by atoms with E-state index in [9.17, 15) is 18.4 Å². The van der Waals surface area contributed by atoms with Crippen molar-refractivity contribution >= 4 is 16.6 Å². The van der Waals surface area contributed by atoms with Crippen LogP contribution in [0.4, 0.5) is 18.9 Å². The summed E-state index contributed by atoms with van der Waals surface area (Å²) < 4.78 is 46.2. The Morgan fingerprint density at radius 1 is 1.17 bits per heavy atom. The second-order valence-corrected chi connectivity index (χ2v) is 9.06. The van der Waals surface area contributed by atoms with Crippen LogP contribution < -0.4 is 10.6 Å². The molecule has 4 rings (SSSR count). The highest BCUT2D eigenvalue weighted by atomic mass is 19.4. The Morgan fingerprint density at radius 3 is 2.60 bits per heavy atom. The maximum absolute atomic E-state index is 13.3. The summed E-state index contributed by atoms with van der Waals surface area (Å²) in [4.78, 5) is 4.31. The molecule has 0 bridgehead atoms. The molecule has 0 aliphatic carbocycles. The Bertz CT molecular complexity index is 1290. The number of anilines is 1. The second kappa shape index (κ2) is 9.99. The van der Waals surface area contributed by atoms with Crippen LogP contribution in [-0.4, -0.2) is 41.5 Å². The zero-order valence-electron chi connectivity index (χ0n) is 19.5. The quantitative estimate of drug-likeness (QED) is 0.491. The van der Waals surface area contributed by atoms with Crippen molar-refractivity contribution in [1.82, 2.24) is 14.9 Å². The highest BCUT2D eigenvalue weighted by Crippen LogP contribution is 2.26. The van der Waals surface area contributed by atoms with Crippen molar-refractivity contribution < 1.29 is 17.9 Å². The van der Waals surface area contributed by atoms with Crippen molar-refractivity contribution in [3.05, 3.63) is 59.5 Å². The molecule has 1 saturated heterocycles. The average Bonchev–Trinajstić information content (AvgIpc) is 3.11. The van der Waals surface area contributed by atoms with Crippen LogP contribution in [0.5, 0.6) is 0 Å². The van der Waals surface area contributed by atoms with Gasteiger partial charge in [0.2, 0.25) is 0 Å². The molecule has 2 N–H and O–H groups in total. The van der Waals surface area contributed by atoms with Crippen LogP contribution in [0.3, 0.4) is 0 Å². The molecule has 9 heteroatoms. The monoisotopic (exact) mass is 481 g/mol. The molecule has 1 fully saturated rings. The third-order valence-electron chi connectivity index (χ3n) is 5.82. The van der Waals surface area contributed by atoms with E-state index in [1.807, 2.05) is 12.1 Å². The summed E-state index contributed by atoms with van der Waals surface area (Å²) in [5.74, 6) is 5.79. The molecule has 182 valence electrons. The van der Waals surface area contributed by atoms with Gasteiger partial charge in [-0.3, -0.25) is 4.98 Å². The van der Waals surface area contributed by atoms with Crippen molar-refractivity contribution in [3.8, 4) is 17.9 Å². The highest BCUT2D eigenvalue weighted by molar-refractivity contribution is 5.83. The Hall–Kier alpha value is -3.53. The molecule has 1 aliphatic heterocycles. The molecular weight excluding hydrogens is 455 g/mol. The number of nitrogens with one attached hydrogen (secondary N) is 2. The molecule has 6 nitrogen and oxygen atoms in total. The Labute approximate surface area is 202 Å². The van der Waals surface area contributed by atoms with Crippen molar-refractivity contribution in [2.75, 3.05) is 25.1 Å². The summed E-state index contributed by atoms with van der Waals surface area (Å²) in [5.41, 5.74) is 2.47.